The number of anilines is 2. The van der Waals surface area contributed by atoms with Gasteiger partial charge in [0.1, 0.15) is 12.4 Å². The summed E-state index contributed by atoms with van der Waals surface area (Å²) in [5, 5.41) is 6.69. The zero-order chi connectivity index (χ0) is 15.4. The summed E-state index contributed by atoms with van der Waals surface area (Å²) in [6.07, 6.45) is 1.63. The second-order valence-corrected chi connectivity index (χ2v) is 4.51. The second kappa shape index (κ2) is 6.08. The summed E-state index contributed by atoms with van der Waals surface area (Å²) in [6, 6.07) is 6.54. The lowest BCUT2D eigenvalue weighted by Gasteiger charge is -2.09. The van der Waals surface area contributed by atoms with E-state index >= 15 is 0 Å². The number of esters is 1. The van der Waals surface area contributed by atoms with Crippen LogP contribution in [-0.4, -0.2) is 28.8 Å². The molecule has 110 valence electrons. The van der Waals surface area contributed by atoms with E-state index in [4.69, 9.17) is 5.73 Å². The molecule has 0 unspecified atom stereocenters. The summed E-state index contributed by atoms with van der Waals surface area (Å²) in [7, 11) is 1.32. The Balaban J connectivity index is 2.05. The number of carbonyl (C=O) groups excluding carboxylic acids is 2. The van der Waals surface area contributed by atoms with Gasteiger partial charge in [0.15, 0.2) is 0 Å². The highest BCUT2D eigenvalue weighted by Crippen LogP contribution is 2.17. The van der Waals surface area contributed by atoms with Gasteiger partial charge in [0.05, 0.1) is 12.7 Å². The molecule has 1 heterocycles. The first kappa shape index (κ1) is 14.6. The highest BCUT2D eigenvalue weighted by Gasteiger charge is 2.10. The van der Waals surface area contributed by atoms with Gasteiger partial charge in [-0.25, -0.2) is 4.79 Å². The molecule has 2 rings (SSSR count). The van der Waals surface area contributed by atoms with Crippen molar-refractivity contribution in [1.82, 2.24) is 9.78 Å². The van der Waals surface area contributed by atoms with Gasteiger partial charge in [0.2, 0.25) is 5.91 Å². The van der Waals surface area contributed by atoms with Crippen LogP contribution in [0, 0.1) is 6.92 Å². The van der Waals surface area contributed by atoms with Crippen LogP contribution in [0.2, 0.25) is 0 Å². The molecule has 0 aliphatic carbocycles. The van der Waals surface area contributed by atoms with Gasteiger partial charge >= 0.3 is 5.97 Å². The number of nitrogens with zero attached hydrogens (tertiary/aromatic N) is 2. The van der Waals surface area contributed by atoms with Gasteiger partial charge in [-0.05, 0) is 36.8 Å². The van der Waals surface area contributed by atoms with E-state index in [1.807, 2.05) is 0 Å². The average Bonchev–Trinajstić information content (AvgIpc) is 2.85. The van der Waals surface area contributed by atoms with Gasteiger partial charge < -0.3 is 15.8 Å². The molecular formula is C14H16N4O3. The van der Waals surface area contributed by atoms with Crippen LogP contribution in [0.15, 0.2) is 30.5 Å². The Morgan fingerprint density at radius 2 is 2.14 bits per heavy atom. The van der Waals surface area contributed by atoms with Crippen LogP contribution >= 0.6 is 0 Å². The van der Waals surface area contributed by atoms with E-state index in [1.54, 1.807) is 37.4 Å². The number of amides is 1. The van der Waals surface area contributed by atoms with Crippen LogP contribution in [0.1, 0.15) is 15.9 Å². The number of hydrogen-bond donors (Lipinski definition) is 2. The Kier molecular flexibility index (Phi) is 4.22. The van der Waals surface area contributed by atoms with Gasteiger partial charge in [-0.15, -0.1) is 0 Å². The smallest absolute Gasteiger partial charge is 0.337 e. The minimum atomic E-state index is -0.414. The summed E-state index contributed by atoms with van der Waals surface area (Å²) < 4.78 is 6.09. The zero-order valence-corrected chi connectivity index (χ0v) is 11.8. The fourth-order valence-electron chi connectivity index (χ4n) is 1.85. The molecule has 0 saturated heterocycles. The number of methoxy groups -OCH3 is 1. The number of nitrogen functional groups attached to an aromatic ring is 1. The van der Waals surface area contributed by atoms with Crippen LogP contribution in [0.4, 0.5) is 11.5 Å². The molecule has 7 heteroatoms. The molecule has 2 aromatic rings. The SMILES string of the molecule is COC(=O)c1ccc(NC(=O)Cn2ccc(N)n2)c(C)c1. The van der Waals surface area contributed by atoms with E-state index in [1.165, 1.54) is 11.8 Å². The first-order chi connectivity index (χ1) is 9.99. The van der Waals surface area contributed by atoms with Crippen LogP contribution in [-0.2, 0) is 16.1 Å². The maximum Gasteiger partial charge on any atom is 0.337 e. The number of nitrogens with one attached hydrogen (secondary N) is 1. The van der Waals surface area contributed by atoms with E-state index < -0.39 is 5.97 Å². The number of nitrogens with two attached hydrogens (primary N) is 1. The number of benzene rings is 1. The van der Waals surface area contributed by atoms with Crippen molar-refractivity contribution in [2.75, 3.05) is 18.2 Å². The number of carbonyl (C=O) groups is 2. The third-order valence-electron chi connectivity index (χ3n) is 2.89. The van der Waals surface area contributed by atoms with Crippen LogP contribution in [0.5, 0.6) is 0 Å². The van der Waals surface area contributed by atoms with E-state index in [-0.39, 0.29) is 12.5 Å². The lowest BCUT2D eigenvalue weighted by atomic mass is 10.1. The summed E-state index contributed by atoms with van der Waals surface area (Å²) in [6.45, 7) is 1.86. The predicted octanol–water partition coefficient (Wildman–Crippen LogP) is 1.20. The van der Waals surface area contributed by atoms with Gasteiger partial charge in [-0.2, -0.15) is 5.10 Å². The minimum Gasteiger partial charge on any atom is -0.465 e. The molecule has 1 aromatic heterocycles. The van der Waals surface area contributed by atoms with Crippen molar-refractivity contribution in [1.29, 1.82) is 0 Å². The van der Waals surface area contributed by atoms with Crippen molar-refractivity contribution in [3.63, 3.8) is 0 Å². The number of hydrogen-bond acceptors (Lipinski definition) is 5. The fraction of sp³-hybridized carbons (Fsp3) is 0.214. The van der Waals surface area contributed by atoms with E-state index in [0.29, 0.717) is 17.1 Å². The summed E-state index contributed by atoms with van der Waals surface area (Å²) in [5.41, 5.74) is 7.32. The number of ether oxygens (including phenoxy) is 1. The third-order valence-corrected chi connectivity index (χ3v) is 2.89. The maximum absolute atomic E-state index is 11.9. The first-order valence-corrected chi connectivity index (χ1v) is 6.27. The quantitative estimate of drug-likeness (QED) is 0.823. The van der Waals surface area contributed by atoms with Gasteiger partial charge in [0, 0.05) is 11.9 Å². The molecule has 0 radical (unpaired) electrons. The molecule has 0 saturated carbocycles. The molecule has 21 heavy (non-hydrogen) atoms. The lowest BCUT2D eigenvalue weighted by molar-refractivity contribution is -0.116. The summed E-state index contributed by atoms with van der Waals surface area (Å²) in [4.78, 5) is 23.3. The van der Waals surface area contributed by atoms with Crippen molar-refractivity contribution in [2.24, 2.45) is 0 Å². The normalized spacial score (nSPS) is 10.2. The molecular weight excluding hydrogens is 272 g/mol. The number of aromatic nitrogens is 2. The standard InChI is InChI=1S/C14H16N4O3/c1-9-7-10(14(20)21-2)3-4-11(9)16-13(19)8-18-6-5-12(15)17-18/h3-7H,8H2,1-2H3,(H2,15,17)(H,16,19). The van der Waals surface area contributed by atoms with Crippen LogP contribution in [0.25, 0.3) is 0 Å². The molecule has 0 spiro atoms. The maximum atomic E-state index is 11.9. The highest BCUT2D eigenvalue weighted by atomic mass is 16.5. The Bertz CT molecular complexity index is 679. The van der Waals surface area contributed by atoms with Crippen LogP contribution < -0.4 is 11.1 Å². The molecule has 0 bridgehead atoms. The average molecular weight is 288 g/mol. The largest absolute Gasteiger partial charge is 0.465 e. The minimum absolute atomic E-state index is 0.0649. The molecule has 3 N–H and O–H groups in total. The van der Waals surface area contributed by atoms with E-state index in [9.17, 15) is 9.59 Å². The molecule has 1 aromatic carbocycles. The summed E-state index contributed by atoms with van der Waals surface area (Å²) >= 11 is 0. The Morgan fingerprint density at radius 3 is 2.71 bits per heavy atom. The Morgan fingerprint density at radius 1 is 1.38 bits per heavy atom. The molecule has 7 nitrogen and oxygen atoms in total. The first-order valence-electron chi connectivity index (χ1n) is 6.27. The fourth-order valence-corrected chi connectivity index (χ4v) is 1.85. The molecule has 0 atom stereocenters. The zero-order valence-electron chi connectivity index (χ0n) is 11.8. The second-order valence-electron chi connectivity index (χ2n) is 4.51. The van der Waals surface area contributed by atoms with Crippen molar-refractivity contribution in [3.05, 3.63) is 41.6 Å². The topological polar surface area (TPSA) is 99.2 Å². The number of aryl methyl sites for hydroxylation is 1. The van der Waals surface area contributed by atoms with Crippen molar-refractivity contribution >= 4 is 23.4 Å². The van der Waals surface area contributed by atoms with Crippen molar-refractivity contribution < 1.29 is 14.3 Å². The van der Waals surface area contributed by atoms with E-state index in [0.717, 1.165) is 5.56 Å². The Labute approximate surface area is 121 Å². The highest BCUT2D eigenvalue weighted by molar-refractivity contribution is 5.93. The molecule has 1 amide bonds. The predicted molar refractivity (Wildman–Crippen MR) is 77.8 cm³/mol. The van der Waals surface area contributed by atoms with Crippen molar-refractivity contribution in [2.45, 2.75) is 13.5 Å². The molecule has 0 aliphatic heterocycles. The lowest BCUT2D eigenvalue weighted by Crippen LogP contribution is -2.19. The Hall–Kier alpha value is -2.83. The van der Waals surface area contributed by atoms with E-state index in [2.05, 4.69) is 15.2 Å². The van der Waals surface area contributed by atoms with Crippen LogP contribution in [0.3, 0.4) is 0 Å². The van der Waals surface area contributed by atoms with Gasteiger partial charge in [-0.3, -0.25) is 9.48 Å². The van der Waals surface area contributed by atoms with Crippen molar-refractivity contribution in [3.8, 4) is 0 Å². The monoisotopic (exact) mass is 288 g/mol. The van der Waals surface area contributed by atoms with Gasteiger partial charge in [0.25, 0.3) is 0 Å². The summed E-state index contributed by atoms with van der Waals surface area (Å²) in [5.74, 6) is -0.281. The number of rotatable bonds is 4. The molecule has 0 aliphatic rings. The third kappa shape index (κ3) is 3.59. The van der Waals surface area contributed by atoms with Gasteiger partial charge in [-0.1, -0.05) is 0 Å². The molecule has 0 fully saturated rings.